The zero-order valence-corrected chi connectivity index (χ0v) is 8.95. The lowest BCUT2D eigenvalue weighted by Crippen LogP contribution is -2.30. The smallest absolute Gasteiger partial charge is 0.314 e. The maximum absolute atomic E-state index is 11.7. The number of benzene rings is 1. The topological polar surface area (TPSA) is 63.7 Å². The Hall–Kier alpha value is -1.88. The molecule has 0 unspecified atom stereocenters. The fraction of sp³-hybridized carbons (Fsp3) is 0.100. The number of hydroxylamine groups is 2. The highest BCUT2D eigenvalue weighted by molar-refractivity contribution is 6.61. The van der Waals surface area contributed by atoms with Gasteiger partial charge >= 0.3 is 5.43 Å². The Morgan fingerprint density at radius 1 is 1.31 bits per heavy atom. The van der Waals surface area contributed by atoms with Gasteiger partial charge in [-0.1, -0.05) is 17.2 Å². The molecular weight excluding hydrogens is 234 g/mol. The fourth-order valence-electron chi connectivity index (χ4n) is 1.59. The number of nitrogens with zero attached hydrogens (tertiary/aromatic N) is 1. The summed E-state index contributed by atoms with van der Waals surface area (Å²) in [6, 6.07) is 4.83. The minimum absolute atomic E-state index is 0.211. The molecule has 0 N–H and O–H groups in total. The monoisotopic (exact) mass is 239 g/mol. The van der Waals surface area contributed by atoms with Gasteiger partial charge in [-0.15, -0.1) is 0 Å². The molecule has 6 heteroatoms. The second-order valence-electron chi connectivity index (χ2n) is 3.23. The van der Waals surface area contributed by atoms with Gasteiger partial charge < -0.3 is 4.84 Å². The second kappa shape index (κ2) is 3.61. The summed E-state index contributed by atoms with van der Waals surface area (Å²) in [5.41, 5.74) is -0.135. The van der Waals surface area contributed by atoms with Crippen molar-refractivity contribution in [2.45, 2.75) is 6.92 Å². The molecule has 0 aliphatic carbocycles. The summed E-state index contributed by atoms with van der Waals surface area (Å²) >= 11 is 4.96. The lowest BCUT2D eigenvalue weighted by atomic mass is 10.0. The second-order valence-corrected chi connectivity index (χ2v) is 3.54. The molecule has 16 heavy (non-hydrogen) atoms. The molecule has 0 fully saturated rings. The number of rotatable bonds is 1. The number of hydrogen-bond acceptors (Lipinski definition) is 4. The number of aryl methyl sites for hydroxylation is 1. The zero-order valence-electron chi connectivity index (χ0n) is 8.19. The fourth-order valence-corrected chi connectivity index (χ4v) is 1.66. The number of carbonyl (C=O) groups excluding carboxylic acids is 3. The molecule has 0 saturated carbocycles. The van der Waals surface area contributed by atoms with Gasteiger partial charge in [-0.3, -0.25) is 9.59 Å². The van der Waals surface area contributed by atoms with Gasteiger partial charge in [0.2, 0.25) is 0 Å². The van der Waals surface area contributed by atoms with E-state index < -0.39 is 17.2 Å². The van der Waals surface area contributed by atoms with Crippen molar-refractivity contribution in [2.24, 2.45) is 0 Å². The normalized spacial score (nSPS) is 14.0. The average Bonchev–Trinajstić information content (AvgIpc) is 2.44. The maximum atomic E-state index is 11.7. The van der Waals surface area contributed by atoms with Crippen molar-refractivity contribution >= 4 is 28.8 Å². The van der Waals surface area contributed by atoms with E-state index in [4.69, 9.17) is 11.6 Å². The third-order valence-corrected chi connectivity index (χ3v) is 2.32. The van der Waals surface area contributed by atoms with Crippen LogP contribution in [0.2, 0.25) is 0 Å². The van der Waals surface area contributed by atoms with Gasteiger partial charge in [-0.25, -0.2) is 4.79 Å². The van der Waals surface area contributed by atoms with Crippen molar-refractivity contribution in [3.8, 4) is 0 Å². The van der Waals surface area contributed by atoms with E-state index in [0.29, 0.717) is 10.6 Å². The van der Waals surface area contributed by atoms with Gasteiger partial charge in [0.1, 0.15) is 0 Å². The summed E-state index contributed by atoms with van der Waals surface area (Å²) in [7, 11) is 0. The highest BCUT2D eigenvalue weighted by Crippen LogP contribution is 2.25. The molecule has 1 aliphatic rings. The standard InChI is InChI=1S/C10H6ClNO4/c1-5-3-2-4-6-7(5)9(14)12(8(6)13)16-10(11)15/h2-4H,1H3. The molecule has 1 aromatic carbocycles. The van der Waals surface area contributed by atoms with Crippen LogP contribution in [0.25, 0.3) is 0 Å². The van der Waals surface area contributed by atoms with Gasteiger partial charge in [0.25, 0.3) is 11.8 Å². The summed E-state index contributed by atoms with van der Waals surface area (Å²) in [5.74, 6) is -1.36. The number of imide groups is 1. The largest absolute Gasteiger partial charge is 0.428 e. The minimum Gasteiger partial charge on any atom is -0.314 e. The Morgan fingerprint density at radius 3 is 2.56 bits per heavy atom. The molecule has 0 spiro atoms. The maximum Gasteiger partial charge on any atom is 0.428 e. The van der Waals surface area contributed by atoms with Crippen LogP contribution in [-0.4, -0.2) is 22.3 Å². The average molecular weight is 240 g/mol. The first-order chi connectivity index (χ1) is 7.52. The van der Waals surface area contributed by atoms with Gasteiger partial charge in [0, 0.05) is 11.6 Å². The first-order valence-electron chi connectivity index (χ1n) is 4.38. The Balaban J connectivity index is 2.48. The van der Waals surface area contributed by atoms with Gasteiger partial charge in [0.15, 0.2) is 0 Å². The molecule has 82 valence electrons. The summed E-state index contributed by atoms with van der Waals surface area (Å²) < 4.78 is 0. The van der Waals surface area contributed by atoms with E-state index in [1.165, 1.54) is 6.07 Å². The first kappa shape index (κ1) is 10.6. The van der Waals surface area contributed by atoms with Crippen molar-refractivity contribution in [3.63, 3.8) is 0 Å². The van der Waals surface area contributed by atoms with E-state index in [-0.39, 0.29) is 11.1 Å². The Kier molecular flexibility index (Phi) is 2.40. The number of carbonyl (C=O) groups is 3. The quantitative estimate of drug-likeness (QED) is 0.554. The van der Waals surface area contributed by atoms with Crippen molar-refractivity contribution in [1.82, 2.24) is 5.06 Å². The summed E-state index contributed by atoms with van der Waals surface area (Å²) in [4.78, 5) is 38.3. The number of amides is 2. The lowest BCUT2D eigenvalue weighted by Gasteiger charge is -2.09. The van der Waals surface area contributed by atoms with Crippen LogP contribution in [0.15, 0.2) is 18.2 Å². The van der Waals surface area contributed by atoms with Crippen LogP contribution in [0.1, 0.15) is 26.3 Å². The summed E-state index contributed by atoms with van der Waals surface area (Å²) in [6.07, 6.45) is 0. The van der Waals surface area contributed by atoms with Crippen LogP contribution in [0.5, 0.6) is 0 Å². The van der Waals surface area contributed by atoms with Crippen molar-refractivity contribution in [3.05, 3.63) is 34.9 Å². The van der Waals surface area contributed by atoms with Crippen LogP contribution >= 0.6 is 11.6 Å². The van der Waals surface area contributed by atoms with Crippen LogP contribution in [0.3, 0.4) is 0 Å². The molecule has 1 aromatic rings. The van der Waals surface area contributed by atoms with Crippen LogP contribution in [0.4, 0.5) is 4.79 Å². The van der Waals surface area contributed by atoms with E-state index in [9.17, 15) is 14.4 Å². The zero-order chi connectivity index (χ0) is 11.9. The first-order valence-corrected chi connectivity index (χ1v) is 4.76. The van der Waals surface area contributed by atoms with Gasteiger partial charge in [0.05, 0.1) is 11.1 Å². The molecule has 2 amide bonds. The molecular formula is C10H6ClNO4. The number of halogens is 1. The molecule has 0 bridgehead atoms. The minimum atomic E-state index is -1.23. The Morgan fingerprint density at radius 2 is 2.00 bits per heavy atom. The van der Waals surface area contributed by atoms with E-state index in [2.05, 4.69) is 4.84 Å². The molecule has 0 saturated heterocycles. The molecule has 1 heterocycles. The van der Waals surface area contributed by atoms with Crippen LogP contribution in [-0.2, 0) is 4.84 Å². The molecule has 5 nitrogen and oxygen atoms in total. The molecule has 2 rings (SSSR count). The van der Waals surface area contributed by atoms with Crippen LogP contribution in [0, 0.1) is 6.92 Å². The number of fused-ring (bicyclic) bond motifs is 1. The third-order valence-electron chi connectivity index (χ3n) is 2.25. The lowest BCUT2D eigenvalue weighted by molar-refractivity contribution is -0.0355. The highest BCUT2D eigenvalue weighted by atomic mass is 35.5. The Bertz CT molecular complexity index is 512. The van der Waals surface area contributed by atoms with Crippen molar-refractivity contribution in [1.29, 1.82) is 0 Å². The van der Waals surface area contributed by atoms with E-state index in [1.807, 2.05) is 0 Å². The van der Waals surface area contributed by atoms with Crippen molar-refractivity contribution < 1.29 is 19.2 Å². The highest BCUT2D eigenvalue weighted by Gasteiger charge is 2.39. The molecule has 1 aliphatic heterocycles. The van der Waals surface area contributed by atoms with E-state index >= 15 is 0 Å². The summed E-state index contributed by atoms with van der Waals surface area (Å²) in [5, 5.41) is 0.368. The van der Waals surface area contributed by atoms with E-state index in [0.717, 1.165) is 0 Å². The Labute approximate surface area is 95.5 Å². The molecule has 0 radical (unpaired) electrons. The third kappa shape index (κ3) is 1.45. The van der Waals surface area contributed by atoms with Gasteiger partial charge in [-0.2, -0.15) is 0 Å². The number of hydrogen-bond donors (Lipinski definition) is 0. The SMILES string of the molecule is Cc1cccc2c1C(=O)N(OC(=O)Cl)C2=O. The molecule has 0 aromatic heterocycles. The van der Waals surface area contributed by atoms with Crippen LogP contribution < -0.4 is 0 Å². The predicted octanol–water partition coefficient (Wildman–Crippen LogP) is 1.88. The van der Waals surface area contributed by atoms with Crippen molar-refractivity contribution in [2.75, 3.05) is 0 Å². The van der Waals surface area contributed by atoms with E-state index in [1.54, 1.807) is 19.1 Å². The summed E-state index contributed by atoms with van der Waals surface area (Å²) in [6.45, 7) is 1.69. The molecule has 0 atom stereocenters. The van der Waals surface area contributed by atoms with Gasteiger partial charge in [-0.05, 0) is 18.6 Å². The predicted molar refractivity (Wildman–Crippen MR) is 54.0 cm³/mol.